The predicted octanol–water partition coefficient (Wildman–Crippen LogP) is 5.55. The second-order valence-corrected chi connectivity index (χ2v) is 9.91. The minimum Gasteiger partial charge on any atom is -0.348 e. The number of fused-ring (bicyclic) bond motifs is 5. The molecule has 0 amide bonds. The number of hydrogen-bond acceptors (Lipinski definition) is 4. The molecule has 3 aliphatic rings. The maximum absolute atomic E-state index is 9.59. The zero-order valence-electron chi connectivity index (χ0n) is 15.5. The van der Waals surface area contributed by atoms with E-state index in [1.165, 1.54) is 12.8 Å². The van der Waals surface area contributed by atoms with Crippen LogP contribution in [-0.2, 0) is 9.47 Å². The van der Waals surface area contributed by atoms with Gasteiger partial charge in [-0.3, -0.25) is 0 Å². The molecule has 4 rings (SSSR count). The Hall–Kier alpha value is -1.15. The predicted molar refractivity (Wildman–Crippen MR) is 99.8 cm³/mol. The first kappa shape index (κ1) is 17.3. The second kappa shape index (κ2) is 5.67. The van der Waals surface area contributed by atoms with Crippen molar-refractivity contribution in [3.05, 3.63) is 28.5 Å². The Morgan fingerprint density at radius 1 is 1.44 bits per heavy atom. The van der Waals surface area contributed by atoms with Crippen LogP contribution in [0.25, 0.3) is 5.57 Å². The third-order valence-electron chi connectivity index (χ3n) is 7.38. The van der Waals surface area contributed by atoms with Crippen LogP contribution < -0.4 is 0 Å². The molecule has 3 nitrogen and oxygen atoms in total. The number of allylic oxidation sites excluding steroid dienone is 1. The first-order chi connectivity index (χ1) is 11.8. The Bertz CT molecular complexity index is 745. The number of hydrogen-bond donors (Lipinski definition) is 0. The Balaban J connectivity index is 1.48. The van der Waals surface area contributed by atoms with Gasteiger partial charge in [0.1, 0.15) is 6.07 Å². The number of thiophene rings is 1. The smallest absolute Gasteiger partial charge is 0.181 e. The van der Waals surface area contributed by atoms with Gasteiger partial charge in [-0.2, -0.15) is 5.26 Å². The molecule has 1 aromatic heterocycles. The zero-order chi connectivity index (χ0) is 18.0. The quantitative estimate of drug-likeness (QED) is 0.709. The van der Waals surface area contributed by atoms with E-state index in [4.69, 9.17) is 9.47 Å². The van der Waals surface area contributed by atoms with Crippen molar-refractivity contribution >= 4 is 16.9 Å². The van der Waals surface area contributed by atoms with Gasteiger partial charge in [-0.15, -0.1) is 11.3 Å². The second-order valence-electron chi connectivity index (χ2n) is 8.80. The third-order valence-corrected chi connectivity index (χ3v) is 8.67. The summed E-state index contributed by atoms with van der Waals surface area (Å²) in [6, 6.07) is 6.30. The molecule has 0 N–H and O–H groups in total. The van der Waals surface area contributed by atoms with E-state index in [1.54, 1.807) is 11.3 Å². The highest BCUT2D eigenvalue weighted by Gasteiger charge is 2.69. The van der Waals surface area contributed by atoms with E-state index in [2.05, 4.69) is 33.4 Å². The Kier molecular flexibility index (Phi) is 3.92. The van der Waals surface area contributed by atoms with Crippen molar-refractivity contribution in [2.24, 2.45) is 22.7 Å². The minimum atomic E-state index is -0.555. The fourth-order valence-electron chi connectivity index (χ4n) is 5.61. The van der Waals surface area contributed by atoms with Crippen molar-refractivity contribution in [3.63, 3.8) is 0 Å². The summed E-state index contributed by atoms with van der Waals surface area (Å²) in [7, 11) is 0. The zero-order valence-corrected chi connectivity index (χ0v) is 16.4. The summed E-state index contributed by atoms with van der Waals surface area (Å²) in [4.78, 5) is 2.05. The normalized spacial score (nSPS) is 39.2. The summed E-state index contributed by atoms with van der Waals surface area (Å²) < 4.78 is 12.5. The summed E-state index contributed by atoms with van der Waals surface area (Å²) in [5.74, 6) is 1.29. The van der Waals surface area contributed by atoms with Crippen molar-refractivity contribution in [2.75, 3.05) is 0 Å². The van der Waals surface area contributed by atoms with Crippen molar-refractivity contribution in [2.45, 2.75) is 65.5 Å². The van der Waals surface area contributed by atoms with Gasteiger partial charge in [-0.05, 0) is 60.1 Å². The van der Waals surface area contributed by atoms with E-state index in [0.29, 0.717) is 17.3 Å². The van der Waals surface area contributed by atoms with Gasteiger partial charge in [0.15, 0.2) is 12.4 Å². The maximum atomic E-state index is 9.59. The SMILES string of the molecule is C=C(C)c1ccc([C@@H](C#N)O[C@H]2C[C@@H]3[C@H]4CC[C@@](C)([C@@H]3O2)C4(C)C)s1. The van der Waals surface area contributed by atoms with Crippen molar-refractivity contribution in [1.82, 2.24) is 0 Å². The Labute approximate surface area is 154 Å². The molecular weight excluding hydrogens is 330 g/mol. The van der Waals surface area contributed by atoms with Crippen molar-refractivity contribution < 1.29 is 9.47 Å². The van der Waals surface area contributed by atoms with E-state index in [-0.39, 0.29) is 17.8 Å². The number of rotatable bonds is 4. The van der Waals surface area contributed by atoms with Crippen LogP contribution in [-0.4, -0.2) is 12.4 Å². The monoisotopic (exact) mass is 357 g/mol. The fourth-order valence-corrected chi connectivity index (χ4v) is 6.52. The summed E-state index contributed by atoms with van der Waals surface area (Å²) in [6.45, 7) is 13.2. The lowest BCUT2D eigenvalue weighted by Gasteiger charge is -2.38. The van der Waals surface area contributed by atoms with Gasteiger partial charge in [-0.25, -0.2) is 0 Å². The summed E-state index contributed by atoms with van der Waals surface area (Å²) in [5, 5.41) is 9.59. The van der Waals surface area contributed by atoms with Crippen LogP contribution >= 0.6 is 11.3 Å². The van der Waals surface area contributed by atoms with Crippen LogP contribution in [0.3, 0.4) is 0 Å². The number of nitrogens with zero attached hydrogens (tertiary/aromatic N) is 1. The summed E-state index contributed by atoms with van der Waals surface area (Å²) >= 11 is 1.59. The molecule has 2 saturated carbocycles. The van der Waals surface area contributed by atoms with E-state index in [9.17, 15) is 5.26 Å². The molecule has 1 aromatic rings. The molecule has 2 heterocycles. The van der Waals surface area contributed by atoms with Crippen LogP contribution in [0.4, 0.5) is 0 Å². The molecule has 0 spiro atoms. The lowest BCUT2D eigenvalue weighted by atomic mass is 9.70. The number of ether oxygens (including phenoxy) is 2. The van der Waals surface area contributed by atoms with E-state index in [0.717, 1.165) is 21.7 Å². The number of nitriles is 1. The van der Waals surface area contributed by atoms with E-state index in [1.807, 2.05) is 19.1 Å². The first-order valence-electron chi connectivity index (χ1n) is 9.24. The maximum Gasteiger partial charge on any atom is 0.181 e. The van der Waals surface area contributed by atoms with Gasteiger partial charge in [0, 0.05) is 16.2 Å². The molecule has 6 atom stereocenters. The Morgan fingerprint density at radius 3 is 2.80 bits per heavy atom. The lowest BCUT2D eigenvalue weighted by Crippen LogP contribution is -2.38. The Morgan fingerprint density at radius 2 is 2.20 bits per heavy atom. The molecule has 134 valence electrons. The van der Waals surface area contributed by atoms with Crippen molar-refractivity contribution in [1.29, 1.82) is 5.26 Å². The van der Waals surface area contributed by atoms with Crippen LogP contribution in [0.2, 0.25) is 0 Å². The van der Waals surface area contributed by atoms with Gasteiger partial charge in [0.2, 0.25) is 0 Å². The van der Waals surface area contributed by atoms with Gasteiger partial charge < -0.3 is 9.47 Å². The molecule has 0 aromatic carbocycles. The highest BCUT2D eigenvalue weighted by atomic mass is 32.1. The highest BCUT2D eigenvalue weighted by molar-refractivity contribution is 7.13. The van der Waals surface area contributed by atoms with Crippen LogP contribution in [0.15, 0.2) is 18.7 Å². The fraction of sp³-hybridized carbons (Fsp3) is 0.667. The molecule has 4 heteroatoms. The minimum absolute atomic E-state index is 0.235. The first-order valence-corrected chi connectivity index (χ1v) is 10.1. The van der Waals surface area contributed by atoms with Gasteiger partial charge in [0.25, 0.3) is 0 Å². The molecule has 0 radical (unpaired) electrons. The molecule has 2 bridgehead atoms. The molecule has 1 aliphatic heterocycles. The molecule has 3 fully saturated rings. The molecule has 1 saturated heterocycles. The van der Waals surface area contributed by atoms with Crippen LogP contribution in [0.5, 0.6) is 0 Å². The van der Waals surface area contributed by atoms with Gasteiger partial charge in [0.05, 0.1) is 6.10 Å². The molecule has 25 heavy (non-hydrogen) atoms. The van der Waals surface area contributed by atoms with Crippen LogP contribution in [0.1, 0.15) is 62.8 Å². The van der Waals surface area contributed by atoms with E-state index >= 15 is 0 Å². The average molecular weight is 358 g/mol. The molecule has 2 aliphatic carbocycles. The summed E-state index contributed by atoms with van der Waals surface area (Å²) in [5.41, 5.74) is 1.59. The van der Waals surface area contributed by atoms with Crippen LogP contribution in [0, 0.1) is 34.0 Å². The largest absolute Gasteiger partial charge is 0.348 e. The molecule has 0 unspecified atom stereocenters. The topological polar surface area (TPSA) is 42.2 Å². The standard InChI is InChI=1S/C21H27NO2S/c1-12(2)16-6-7-17(25-16)15(11-22)23-18-10-13-14-8-9-21(5,19(13)24-18)20(14,3)4/h6-7,13-15,18-19H,1,8-10H2,2-5H3/t13-,14-,15-,18-,19-,21+/m1/s1. The summed E-state index contributed by atoms with van der Waals surface area (Å²) in [6.07, 6.45) is 2.93. The highest BCUT2D eigenvalue weighted by Crippen LogP contribution is 2.71. The lowest BCUT2D eigenvalue weighted by molar-refractivity contribution is -0.177. The average Bonchev–Trinajstić information content (AvgIpc) is 3.26. The van der Waals surface area contributed by atoms with E-state index < -0.39 is 6.10 Å². The van der Waals surface area contributed by atoms with Crippen molar-refractivity contribution in [3.8, 4) is 6.07 Å². The third kappa shape index (κ3) is 2.36. The van der Waals surface area contributed by atoms with Gasteiger partial charge >= 0.3 is 0 Å². The molecular formula is C21H27NO2S. The van der Waals surface area contributed by atoms with Gasteiger partial charge in [-0.1, -0.05) is 27.4 Å².